The number of nitrogens with one attached hydrogen (secondary N) is 1. The fourth-order valence-electron chi connectivity index (χ4n) is 1.90. The Hall–Kier alpha value is -1.28. The largest absolute Gasteiger partial charge is 0.377 e. The van der Waals surface area contributed by atoms with Gasteiger partial charge in [-0.1, -0.05) is 19.1 Å². The molecular weight excluding hydrogens is 226 g/mol. The minimum atomic E-state index is 0.428. The summed E-state index contributed by atoms with van der Waals surface area (Å²) in [5.74, 6) is 0. The third-order valence-corrected chi connectivity index (χ3v) is 4.13. The molecule has 0 radical (unpaired) electrons. The molecule has 0 spiro atoms. The van der Waals surface area contributed by atoms with Crippen LogP contribution in [0.2, 0.25) is 0 Å². The van der Waals surface area contributed by atoms with E-state index >= 15 is 0 Å². The van der Waals surface area contributed by atoms with Gasteiger partial charge in [-0.05, 0) is 55.0 Å². The lowest BCUT2D eigenvalue weighted by molar-refractivity contribution is 0.764. The van der Waals surface area contributed by atoms with Crippen molar-refractivity contribution in [2.75, 3.05) is 5.32 Å². The summed E-state index contributed by atoms with van der Waals surface area (Å²) in [6.45, 7) is 6.53. The van der Waals surface area contributed by atoms with Gasteiger partial charge in [-0.3, -0.25) is 0 Å². The van der Waals surface area contributed by atoms with Crippen LogP contribution in [0.1, 0.15) is 35.4 Å². The van der Waals surface area contributed by atoms with Crippen LogP contribution >= 0.6 is 11.3 Å². The highest BCUT2D eigenvalue weighted by Crippen LogP contribution is 2.26. The lowest BCUT2D eigenvalue weighted by Gasteiger charge is -2.17. The smallest absolute Gasteiger partial charge is 0.0603 e. The lowest BCUT2D eigenvalue weighted by atomic mass is 10.1. The second kappa shape index (κ2) is 5.37. The molecule has 1 atom stereocenters. The fraction of sp³-hybridized carbons (Fsp3) is 0.333. The number of thiophene rings is 1. The van der Waals surface area contributed by atoms with E-state index in [1.165, 1.54) is 21.7 Å². The van der Waals surface area contributed by atoms with Crippen molar-refractivity contribution in [3.05, 3.63) is 51.7 Å². The summed E-state index contributed by atoms with van der Waals surface area (Å²) in [4.78, 5) is 1.41. The predicted octanol–water partition coefficient (Wildman–Crippen LogP) is 4.93. The van der Waals surface area contributed by atoms with Crippen LogP contribution in [-0.4, -0.2) is 0 Å². The number of hydrogen-bond acceptors (Lipinski definition) is 2. The molecule has 0 aliphatic heterocycles. The molecule has 0 amide bonds. The zero-order valence-electron chi connectivity index (χ0n) is 10.7. The molecule has 0 saturated carbocycles. The first-order chi connectivity index (χ1) is 8.20. The molecule has 17 heavy (non-hydrogen) atoms. The SMILES string of the molecule is CCC(Nc1ccc(C)c(C)c1)c1cccs1. The van der Waals surface area contributed by atoms with Gasteiger partial charge in [0.2, 0.25) is 0 Å². The molecule has 0 aliphatic carbocycles. The van der Waals surface area contributed by atoms with E-state index in [0.29, 0.717) is 6.04 Å². The first-order valence-corrected chi connectivity index (χ1v) is 6.96. The molecule has 1 nitrogen and oxygen atoms in total. The summed E-state index contributed by atoms with van der Waals surface area (Å²) >= 11 is 1.82. The fourth-order valence-corrected chi connectivity index (χ4v) is 2.76. The highest BCUT2D eigenvalue weighted by atomic mass is 32.1. The first-order valence-electron chi connectivity index (χ1n) is 6.08. The molecule has 0 bridgehead atoms. The van der Waals surface area contributed by atoms with Crippen molar-refractivity contribution in [3.8, 4) is 0 Å². The minimum Gasteiger partial charge on any atom is -0.377 e. The normalized spacial score (nSPS) is 12.4. The van der Waals surface area contributed by atoms with Gasteiger partial charge < -0.3 is 5.32 Å². The molecular formula is C15H19NS. The second-order valence-corrected chi connectivity index (χ2v) is 5.40. The molecule has 90 valence electrons. The molecule has 0 saturated heterocycles. The quantitative estimate of drug-likeness (QED) is 0.805. The van der Waals surface area contributed by atoms with E-state index in [2.05, 4.69) is 61.8 Å². The summed E-state index contributed by atoms with van der Waals surface area (Å²) < 4.78 is 0. The van der Waals surface area contributed by atoms with Gasteiger partial charge in [-0.15, -0.1) is 11.3 Å². The van der Waals surface area contributed by atoms with Crippen LogP contribution in [0, 0.1) is 13.8 Å². The van der Waals surface area contributed by atoms with E-state index in [1.807, 2.05) is 11.3 Å². The van der Waals surface area contributed by atoms with Gasteiger partial charge >= 0.3 is 0 Å². The van der Waals surface area contributed by atoms with E-state index in [4.69, 9.17) is 0 Å². The standard InChI is InChI=1S/C15H19NS/c1-4-14(15-6-5-9-17-15)16-13-8-7-11(2)12(3)10-13/h5-10,14,16H,4H2,1-3H3. The highest BCUT2D eigenvalue weighted by Gasteiger charge is 2.09. The zero-order chi connectivity index (χ0) is 12.3. The molecule has 1 N–H and O–H groups in total. The van der Waals surface area contributed by atoms with Gasteiger partial charge in [0.25, 0.3) is 0 Å². The molecule has 0 fully saturated rings. The topological polar surface area (TPSA) is 12.0 Å². The molecule has 0 aliphatic rings. The van der Waals surface area contributed by atoms with Crippen LogP contribution in [-0.2, 0) is 0 Å². The van der Waals surface area contributed by atoms with Crippen molar-refractivity contribution in [3.63, 3.8) is 0 Å². The summed E-state index contributed by atoms with van der Waals surface area (Å²) in [5, 5.41) is 5.75. The van der Waals surface area contributed by atoms with Crippen LogP contribution in [0.15, 0.2) is 35.7 Å². The van der Waals surface area contributed by atoms with Crippen molar-refractivity contribution < 1.29 is 0 Å². The number of hydrogen-bond donors (Lipinski definition) is 1. The number of benzene rings is 1. The summed E-state index contributed by atoms with van der Waals surface area (Å²) in [7, 11) is 0. The van der Waals surface area contributed by atoms with Gasteiger partial charge in [-0.25, -0.2) is 0 Å². The predicted molar refractivity (Wildman–Crippen MR) is 76.9 cm³/mol. The van der Waals surface area contributed by atoms with Crippen LogP contribution in [0.25, 0.3) is 0 Å². The molecule has 1 heterocycles. The van der Waals surface area contributed by atoms with Gasteiger partial charge in [0.05, 0.1) is 6.04 Å². The zero-order valence-corrected chi connectivity index (χ0v) is 11.5. The van der Waals surface area contributed by atoms with E-state index in [0.717, 1.165) is 6.42 Å². The van der Waals surface area contributed by atoms with E-state index in [9.17, 15) is 0 Å². The van der Waals surface area contributed by atoms with Crippen molar-refractivity contribution in [1.82, 2.24) is 0 Å². The lowest BCUT2D eigenvalue weighted by Crippen LogP contribution is -2.08. The van der Waals surface area contributed by atoms with Crippen molar-refractivity contribution in [1.29, 1.82) is 0 Å². The van der Waals surface area contributed by atoms with Gasteiger partial charge in [0.15, 0.2) is 0 Å². The molecule has 2 rings (SSSR count). The van der Waals surface area contributed by atoms with E-state index in [1.54, 1.807) is 0 Å². The molecule has 1 aromatic carbocycles. The van der Waals surface area contributed by atoms with Crippen molar-refractivity contribution in [2.24, 2.45) is 0 Å². The number of anilines is 1. The minimum absolute atomic E-state index is 0.428. The molecule has 1 aromatic heterocycles. The Kier molecular flexibility index (Phi) is 3.85. The Morgan fingerprint density at radius 2 is 2.00 bits per heavy atom. The Bertz CT molecular complexity index is 474. The van der Waals surface area contributed by atoms with E-state index < -0.39 is 0 Å². The number of aryl methyl sites for hydroxylation is 2. The summed E-state index contributed by atoms with van der Waals surface area (Å²) in [6, 6.07) is 11.3. The maximum atomic E-state index is 3.61. The third-order valence-electron chi connectivity index (χ3n) is 3.14. The molecule has 1 unspecified atom stereocenters. The van der Waals surface area contributed by atoms with Gasteiger partial charge in [0, 0.05) is 10.6 Å². The first kappa shape index (κ1) is 12.2. The molecule has 2 heteroatoms. The average molecular weight is 245 g/mol. The Labute approximate surface area is 108 Å². The Balaban J connectivity index is 2.16. The van der Waals surface area contributed by atoms with Gasteiger partial charge in [-0.2, -0.15) is 0 Å². The van der Waals surface area contributed by atoms with Crippen LogP contribution in [0.3, 0.4) is 0 Å². The van der Waals surface area contributed by atoms with Gasteiger partial charge in [0.1, 0.15) is 0 Å². The van der Waals surface area contributed by atoms with E-state index in [-0.39, 0.29) is 0 Å². The van der Waals surface area contributed by atoms with Crippen LogP contribution < -0.4 is 5.32 Å². The highest BCUT2D eigenvalue weighted by molar-refractivity contribution is 7.10. The van der Waals surface area contributed by atoms with Crippen molar-refractivity contribution >= 4 is 17.0 Å². The Morgan fingerprint density at radius 3 is 2.59 bits per heavy atom. The second-order valence-electron chi connectivity index (χ2n) is 4.42. The summed E-state index contributed by atoms with van der Waals surface area (Å²) in [6.07, 6.45) is 1.10. The monoisotopic (exact) mass is 245 g/mol. The van der Waals surface area contributed by atoms with Crippen LogP contribution in [0.5, 0.6) is 0 Å². The maximum Gasteiger partial charge on any atom is 0.0603 e. The number of rotatable bonds is 4. The summed E-state index contributed by atoms with van der Waals surface area (Å²) in [5.41, 5.74) is 3.91. The van der Waals surface area contributed by atoms with Crippen LogP contribution in [0.4, 0.5) is 5.69 Å². The maximum absolute atomic E-state index is 3.61. The molecule has 2 aromatic rings. The Morgan fingerprint density at radius 1 is 1.18 bits per heavy atom. The van der Waals surface area contributed by atoms with Crippen molar-refractivity contribution in [2.45, 2.75) is 33.2 Å². The average Bonchev–Trinajstić information content (AvgIpc) is 2.84. The third kappa shape index (κ3) is 2.89.